The van der Waals surface area contributed by atoms with Gasteiger partial charge >= 0.3 is 0 Å². The number of thiazole rings is 1. The van der Waals surface area contributed by atoms with Crippen molar-refractivity contribution in [2.45, 2.75) is 37.5 Å². The fourth-order valence-corrected chi connectivity index (χ4v) is 4.73. The quantitative estimate of drug-likeness (QED) is 0.507. The molecule has 5 rings (SSSR count). The second kappa shape index (κ2) is 7.44. The van der Waals surface area contributed by atoms with Gasteiger partial charge in [0.2, 0.25) is 0 Å². The van der Waals surface area contributed by atoms with E-state index in [2.05, 4.69) is 30.4 Å². The Morgan fingerprint density at radius 1 is 1.07 bits per heavy atom. The van der Waals surface area contributed by atoms with Crippen molar-refractivity contribution in [2.24, 2.45) is 0 Å². The lowest BCUT2D eigenvalue weighted by atomic mass is 9.63. The number of aromatic nitrogens is 6. The van der Waals surface area contributed by atoms with Gasteiger partial charge in [-0.1, -0.05) is 6.42 Å². The van der Waals surface area contributed by atoms with Crippen LogP contribution in [0.4, 0.5) is 4.39 Å². The van der Waals surface area contributed by atoms with Crippen molar-refractivity contribution < 1.29 is 4.39 Å². The van der Waals surface area contributed by atoms with Crippen LogP contribution in [0.2, 0.25) is 0 Å². The zero-order valence-corrected chi connectivity index (χ0v) is 16.5. The molecule has 0 amide bonds. The average molecular weight is 406 g/mol. The van der Waals surface area contributed by atoms with E-state index in [4.69, 9.17) is 0 Å². The van der Waals surface area contributed by atoms with Crippen LogP contribution in [0, 0.1) is 5.82 Å². The Morgan fingerprint density at radius 2 is 2.00 bits per heavy atom. The Morgan fingerprint density at radius 3 is 2.69 bits per heavy atom. The molecule has 4 heterocycles. The topological polar surface area (TPSA) is 80.2 Å². The minimum Gasteiger partial charge on any atom is -0.277 e. The highest BCUT2D eigenvalue weighted by atomic mass is 32.1. The molecule has 0 aliphatic heterocycles. The van der Waals surface area contributed by atoms with E-state index in [1.165, 1.54) is 6.07 Å². The number of aryl methyl sites for hydroxylation is 1. The number of rotatable bonds is 6. The molecular weight excluding hydrogens is 387 g/mol. The summed E-state index contributed by atoms with van der Waals surface area (Å²) in [5.41, 5.74) is 3.02. The van der Waals surface area contributed by atoms with Gasteiger partial charge < -0.3 is 0 Å². The summed E-state index contributed by atoms with van der Waals surface area (Å²) in [7, 11) is 0. The molecule has 0 bridgehead atoms. The molecule has 1 aliphatic rings. The largest absolute Gasteiger partial charge is 0.277 e. The average Bonchev–Trinajstić information content (AvgIpc) is 3.41. The molecule has 0 unspecified atom stereocenters. The number of nitrogens with one attached hydrogen (secondary N) is 1. The van der Waals surface area contributed by atoms with Crippen molar-refractivity contribution in [3.8, 4) is 21.3 Å². The number of aromatic amines is 1. The number of halogens is 1. The fourth-order valence-electron chi connectivity index (χ4n) is 3.87. The molecule has 1 N–H and O–H groups in total. The summed E-state index contributed by atoms with van der Waals surface area (Å²) in [6.07, 6.45) is 9.85. The maximum absolute atomic E-state index is 14.3. The highest BCUT2D eigenvalue weighted by Crippen LogP contribution is 2.47. The minimum atomic E-state index is -0.203. The zero-order chi connectivity index (χ0) is 19.7. The SMILES string of the molecule is Fc1cccnc1C1(CCc2ccc(-c3ncc(-c4ccn[nH]4)s3)nn2)CCC1. The van der Waals surface area contributed by atoms with E-state index in [-0.39, 0.29) is 11.2 Å². The molecule has 1 fully saturated rings. The van der Waals surface area contributed by atoms with Crippen LogP contribution in [-0.4, -0.2) is 30.4 Å². The Hall–Kier alpha value is -3.00. The molecule has 1 aliphatic carbocycles. The molecule has 4 aromatic rings. The Kier molecular flexibility index (Phi) is 4.63. The van der Waals surface area contributed by atoms with Crippen molar-refractivity contribution in [3.05, 3.63) is 66.1 Å². The third-order valence-electron chi connectivity index (χ3n) is 5.64. The Bertz CT molecular complexity index is 1100. The number of H-pyrrole nitrogens is 1. The predicted octanol–water partition coefficient (Wildman–Crippen LogP) is 4.58. The molecule has 0 saturated heterocycles. The Labute approximate surface area is 171 Å². The molecule has 8 heteroatoms. The summed E-state index contributed by atoms with van der Waals surface area (Å²) in [4.78, 5) is 9.79. The van der Waals surface area contributed by atoms with E-state index >= 15 is 0 Å². The van der Waals surface area contributed by atoms with Gasteiger partial charge in [0.05, 0.1) is 22.0 Å². The third-order valence-corrected chi connectivity index (χ3v) is 6.70. The van der Waals surface area contributed by atoms with Crippen LogP contribution >= 0.6 is 11.3 Å². The molecule has 0 atom stereocenters. The summed E-state index contributed by atoms with van der Waals surface area (Å²) in [5.74, 6) is -0.203. The van der Waals surface area contributed by atoms with Crippen molar-refractivity contribution in [1.82, 2.24) is 30.4 Å². The van der Waals surface area contributed by atoms with Crippen LogP contribution in [-0.2, 0) is 11.8 Å². The third kappa shape index (κ3) is 3.44. The van der Waals surface area contributed by atoms with Crippen LogP contribution in [0.25, 0.3) is 21.3 Å². The zero-order valence-electron chi connectivity index (χ0n) is 15.7. The number of pyridine rings is 1. The van der Waals surface area contributed by atoms with Crippen LogP contribution in [0.1, 0.15) is 37.1 Å². The smallest absolute Gasteiger partial charge is 0.145 e. The van der Waals surface area contributed by atoms with Crippen LogP contribution in [0.3, 0.4) is 0 Å². The summed E-state index contributed by atoms with van der Waals surface area (Å²) in [6, 6.07) is 8.99. The lowest BCUT2D eigenvalue weighted by Crippen LogP contribution is -2.36. The highest BCUT2D eigenvalue weighted by molar-refractivity contribution is 7.18. The van der Waals surface area contributed by atoms with Gasteiger partial charge in [-0.3, -0.25) is 10.1 Å². The molecule has 0 spiro atoms. The monoisotopic (exact) mass is 406 g/mol. The number of hydrogen-bond donors (Lipinski definition) is 1. The molecule has 4 aromatic heterocycles. The van der Waals surface area contributed by atoms with Crippen LogP contribution < -0.4 is 0 Å². The lowest BCUT2D eigenvalue weighted by molar-refractivity contribution is 0.210. The van der Waals surface area contributed by atoms with E-state index in [0.717, 1.165) is 59.1 Å². The van der Waals surface area contributed by atoms with E-state index in [1.54, 1.807) is 29.8 Å². The van der Waals surface area contributed by atoms with Crippen molar-refractivity contribution in [1.29, 1.82) is 0 Å². The van der Waals surface area contributed by atoms with E-state index < -0.39 is 0 Å². The number of hydrogen-bond acceptors (Lipinski definition) is 6. The summed E-state index contributed by atoms with van der Waals surface area (Å²) in [5, 5.41) is 16.5. The first kappa shape index (κ1) is 18.1. The summed E-state index contributed by atoms with van der Waals surface area (Å²) < 4.78 is 14.3. The first-order valence-electron chi connectivity index (χ1n) is 9.63. The van der Waals surface area contributed by atoms with Gasteiger partial charge in [0.25, 0.3) is 0 Å². The van der Waals surface area contributed by atoms with Gasteiger partial charge in [0.1, 0.15) is 16.5 Å². The lowest BCUT2D eigenvalue weighted by Gasteiger charge is -2.41. The first-order valence-corrected chi connectivity index (χ1v) is 10.4. The highest BCUT2D eigenvalue weighted by Gasteiger charge is 2.41. The van der Waals surface area contributed by atoms with Gasteiger partial charge in [0.15, 0.2) is 0 Å². The summed E-state index contributed by atoms with van der Waals surface area (Å²) in [6.45, 7) is 0. The van der Waals surface area contributed by atoms with Gasteiger partial charge in [0, 0.05) is 24.0 Å². The van der Waals surface area contributed by atoms with E-state index in [0.29, 0.717) is 5.69 Å². The van der Waals surface area contributed by atoms with Gasteiger partial charge in [-0.2, -0.15) is 10.2 Å². The Balaban J connectivity index is 1.29. The maximum Gasteiger partial charge on any atom is 0.145 e. The molecule has 0 radical (unpaired) electrons. The molecule has 146 valence electrons. The molecular formula is C21H19FN6S. The summed E-state index contributed by atoms with van der Waals surface area (Å²) >= 11 is 1.54. The van der Waals surface area contributed by atoms with Gasteiger partial charge in [-0.25, -0.2) is 9.37 Å². The first-order chi connectivity index (χ1) is 14.2. The van der Waals surface area contributed by atoms with E-state index in [9.17, 15) is 4.39 Å². The van der Waals surface area contributed by atoms with Crippen LogP contribution in [0.5, 0.6) is 0 Å². The second-order valence-electron chi connectivity index (χ2n) is 7.38. The molecule has 0 aromatic carbocycles. The minimum absolute atomic E-state index is 0.167. The normalized spacial score (nSPS) is 15.2. The van der Waals surface area contributed by atoms with Gasteiger partial charge in [-0.15, -0.1) is 16.4 Å². The van der Waals surface area contributed by atoms with Crippen molar-refractivity contribution >= 4 is 11.3 Å². The molecule has 29 heavy (non-hydrogen) atoms. The number of nitrogens with zero attached hydrogens (tertiary/aromatic N) is 5. The second-order valence-corrected chi connectivity index (χ2v) is 8.41. The van der Waals surface area contributed by atoms with E-state index in [1.807, 2.05) is 24.4 Å². The van der Waals surface area contributed by atoms with Crippen molar-refractivity contribution in [3.63, 3.8) is 0 Å². The standard InChI is InChI=1S/C21H19FN6S/c22-15-3-1-11-23-19(15)21(8-2-9-21)10-6-14-4-5-17(28-26-14)20-24-13-18(29-20)16-7-12-25-27-16/h1,3-5,7,11-13H,2,6,8-10H2,(H,25,27). The van der Waals surface area contributed by atoms with Gasteiger partial charge in [-0.05, 0) is 56.0 Å². The molecule has 6 nitrogen and oxygen atoms in total. The van der Waals surface area contributed by atoms with Crippen LogP contribution in [0.15, 0.2) is 48.9 Å². The maximum atomic E-state index is 14.3. The van der Waals surface area contributed by atoms with Crippen molar-refractivity contribution in [2.75, 3.05) is 0 Å². The fraction of sp³-hybridized carbons (Fsp3) is 0.286. The molecule has 1 saturated carbocycles. The predicted molar refractivity (Wildman–Crippen MR) is 109 cm³/mol.